The molecule has 1 aromatic carbocycles. The zero-order valence-electron chi connectivity index (χ0n) is 12.0. The molecule has 0 aliphatic rings. The average molecular weight is 354 g/mol. The molecule has 1 N–H and O–H groups in total. The minimum Gasteiger partial charge on any atom is -0.346 e. The van der Waals surface area contributed by atoms with Crippen molar-refractivity contribution in [1.82, 2.24) is 15.2 Å². The lowest BCUT2D eigenvalue weighted by atomic mass is 10.2. The maximum absolute atomic E-state index is 12.3. The number of halogens is 1. The number of nitrogens with one attached hydrogen (secondary N) is 1. The van der Waals surface area contributed by atoms with Crippen LogP contribution < -0.4 is 5.32 Å². The van der Waals surface area contributed by atoms with Gasteiger partial charge in [0.25, 0.3) is 11.9 Å². The third kappa shape index (κ3) is 4.73. The van der Waals surface area contributed by atoms with Gasteiger partial charge in [-0.2, -0.15) is 0 Å². The Bertz CT molecular complexity index is 734. The molecular weight excluding hydrogens is 342 g/mol. The number of carbonyl (C=O) groups excluding carboxylic acids is 1. The lowest BCUT2D eigenvalue weighted by Crippen LogP contribution is -2.42. The zero-order chi connectivity index (χ0) is 16.8. The van der Waals surface area contributed by atoms with Gasteiger partial charge in [-0.1, -0.05) is 29.8 Å². The smallest absolute Gasteiger partial charge is 0.278 e. The number of hydrogen-bond acceptors (Lipinski definition) is 5. The number of aromatic nitrogens is 1. The predicted octanol–water partition coefficient (Wildman–Crippen LogP) is 2.21. The Labute approximate surface area is 140 Å². The normalized spacial score (nSPS) is 11.1. The number of benzene rings is 1. The summed E-state index contributed by atoms with van der Waals surface area (Å²) in [6, 6.07) is 8.42. The molecule has 1 heterocycles. The van der Waals surface area contributed by atoms with Crippen molar-refractivity contribution in [3.63, 3.8) is 0 Å². The van der Waals surface area contributed by atoms with E-state index in [1.165, 1.54) is 18.4 Å². The molecule has 0 aliphatic carbocycles. The Balaban J connectivity index is 2.14. The van der Waals surface area contributed by atoms with Gasteiger partial charge >= 0.3 is 0 Å². The predicted molar refractivity (Wildman–Crippen MR) is 86.9 cm³/mol. The summed E-state index contributed by atoms with van der Waals surface area (Å²) < 4.78 is 0.364. The summed E-state index contributed by atoms with van der Waals surface area (Å²) in [6.45, 7) is 0.212. The van der Waals surface area contributed by atoms with Crippen molar-refractivity contribution in [1.29, 1.82) is 0 Å². The molecule has 10 heteroatoms. The largest absolute Gasteiger partial charge is 0.346 e. The monoisotopic (exact) mass is 353 g/mol. The van der Waals surface area contributed by atoms with Crippen molar-refractivity contribution in [2.45, 2.75) is 6.54 Å². The molecule has 0 unspecified atom stereocenters. The lowest BCUT2D eigenvalue weighted by Gasteiger charge is -2.17. The highest BCUT2D eigenvalue weighted by Gasteiger charge is 2.20. The van der Waals surface area contributed by atoms with Crippen molar-refractivity contribution >= 4 is 34.8 Å². The summed E-state index contributed by atoms with van der Waals surface area (Å²) in [7, 11) is 1.41. The van der Waals surface area contributed by atoms with Crippen molar-refractivity contribution in [3.05, 3.63) is 61.6 Å². The van der Waals surface area contributed by atoms with Gasteiger partial charge in [-0.15, -0.1) is 11.3 Å². The summed E-state index contributed by atoms with van der Waals surface area (Å²) in [4.78, 5) is 28.7. The molecule has 2 aromatic rings. The number of thiazole rings is 1. The Morgan fingerprint density at radius 2 is 2.17 bits per heavy atom. The van der Waals surface area contributed by atoms with Crippen LogP contribution in [0, 0.1) is 10.1 Å². The van der Waals surface area contributed by atoms with Gasteiger partial charge in [0.1, 0.15) is 5.10 Å². The summed E-state index contributed by atoms with van der Waals surface area (Å²) in [5.41, 5.74) is 0.397. The number of rotatable bonds is 4. The van der Waals surface area contributed by atoms with Gasteiger partial charge in [-0.3, -0.25) is 9.69 Å². The van der Waals surface area contributed by atoms with Gasteiger partial charge in [0, 0.05) is 23.7 Å². The SMILES string of the molecule is CN(C(=O)c1ccccc1)C(=N[N+](=O)[O-])NCc1cnc(Cl)s1. The number of hydrazone groups is 1. The van der Waals surface area contributed by atoms with Gasteiger partial charge in [0.05, 0.1) is 6.54 Å². The number of nitro groups is 1. The number of amides is 1. The molecule has 0 saturated carbocycles. The van der Waals surface area contributed by atoms with Crippen LogP contribution >= 0.6 is 22.9 Å². The molecule has 120 valence electrons. The molecule has 0 atom stereocenters. The first kappa shape index (κ1) is 16.8. The highest BCUT2D eigenvalue weighted by atomic mass is 35.5. The van der Waals surface area contributed by atoms with E-state index in [-0.39, 0.29) is 12.5 Å². The molecule has 23 heavy (non-hydrogen) atoms. The minimum absolute atomic E-state index is 0.173. The first-order chi connectivity index (χ1) is 11.0. The van der Waals surface area contributed by atoms with Crippen LogP contribution in [-0.4, -0.2) is 33.8 Å². The highest BCUT2D eigenvalue weighted by Crippen LogP contribution is 2.17. The van der Waals surface area contributed by atoms with E-state index < -0.39 is 10.9 Å². The second-order valence-corrected chi connectivity index (χ2v) is 6.02. The summed E-state index contributed by atoms with van der Waals surface area (Å²) in [5.74, 6) is -0.589. The molecule has 0 fully saturated rings. The van der Waals surface area contributed by atoms with E-state index in [0.29, 0.717) is 10.0 Å². The average Bonchev–Trinajstić information content (AvgIpc) is 2.96. The molecule has 8 nitrogen and oxygen atoms in total. The van der Waals surface area contributed by atoms with E-state index in [1.807, 2.05) is 0 Å². The Hall–Kier alpha value is -2.52. The number of guanidine groups is 1. The van der Waals surface area contributed by atoms with Crippen molar-refractivity contribution < 1.29 is 9.83 Å². The summed E-state index contributed by atoms with van der Waals surface area (Å²) in [6.07, 6.45) is 1.54. The van der Waals surface area contributed by atoms with E-state index in [2.05, 4.69) is 15.4 Å². The first-order valence-corrected chi connectivity index (χ1v) is 7.57. The van der Waals surface area contributed by atoms with Gasteiger partial charge in [-0.05, 0) is 12.1 Å². The molecule has 2 rings (SSSR count). The second kappa shape index (κ2) is 7.65. The number of hydrogen-bond donors (Lipinski definition) is 1. The number of carbonyl (C=O) groups is 1. The molecular formula is C13H12ClN5O3S. The highest BCUT2D eigenvalue weighted by molar-refractivity contribution is 7.15. The van der Waals surface area contributed by atoms with Crippen molar-refractivity contribution in [2.75, 3.05) is 7.05 Å². The van der Waals surface area contributed by atoms with Crippen LogP contribution in [0.15, 0.2) is 41.6 Å². The third-order valence-corrected chi connectivity index (χ3v) is 3.88. The van der Waals surface area contributed by atoms with E-state index in [1.54, 1.807) is 36.5 Å². The van der Waals surface area contributed by atoms with Crippen LogP contribution in [0.2, 0.25) is 4.47 Å². The summed E-state index contributed by atoms with van der Waals surface area (Å²) >= 11 is 6.96. The van der Waals surface area contributed by atoms with E-state index in [9.17, 15) is 14.9 Å². The Morgan fingerprint density at radius 3 is 2.74 bits per heavy atom. The van der Waals surface area contributed by atoms with Crippen LogP contribution in [0.5, 0.6) is 0 Å². The maximum atomic E-state index is 12.3. The van der Waals surface area contributed by atoms with Gasteiger partial charge in [-0.25, -0.2) is 15.1 Å². The van der Waals surface area contributed by atoms with Crippen LogP contribution in [0.4, 0.5) is 0 Å². The quantitative estimate of drug-likeness (QED) is 0.393. The number of nitrogens with zero attached hydrogens (tertiary/aromatic N) is 4. The van der Waals surface area contributed by atoms with Crippen LogP contribution in [-0.2, 0) is 6.54 Å². The van der Waals surface area contributed by atoms with Crippen LogP contribution in [0.3, 0.4) is 0 Å². The van der Waals surface area contributed by atoms with Crippen LogP contribution in [0.1, 0.15) is 15.2 Å². The fourth-order valence-electron chi connectivity index (χ4n) is 1.70. The van der Waals surface area contributed by atoms with E-state index in [0.717, 1.165) is 9.78 Å². The molecule has 1 amide bonds. The molecule has 1 aromatic heterocycles. The Morgan fingerprint density at radius 1 is 1.48 bits per heavy atom. The minimum atomic E-state index is -0.864. The van der Waals surface area contributed by atoms with Gasteiger partial charge in [0.15, 0.2) is 9.50 Å². The zero-order valence-corrected chi connectivity index (χ0v) is 13.5. The standard InChI is InChI=1S/C13H12ClN5O3S/c1-18(11(20)9-5-3-2-4-6-9)13(17-19(21)22)16-8-10-7-15-12(14)23-10/h2-7H,8H2,1H3,(H,16,17). The fraction of sp³-hybridized carbons (Fsp3) is 0.154. The van der Waals surface area contributed by atoms with Crippen molar-refractivity contribution in [2.24, 2.45) is 5.10 Å². The van der Waals surface area contributed by atoms with E-state index in [4.69, 9.17) is 11.6 Å². The van der Waals surface area contributed by atoms with Gasteiger partial charge in [0.2, 0.25) is 0 Å². The topological polar surface area (TPSA) is 101 Å². The molecule has 0 spiro atoms. The fourth-order valence-corrected chi connectivity index (χ4v) is 2.62. The third-order valence-electron chi connectivity index (χ3n) is 2.77. The van der Waals surface area contributed by atoms with E-state index >= 15 is 0 Å². The summed E-state index contributed by atoms with van der Waals surface area (Å²) in [5, 5.41) is 15.8. The second-order valence-electron chi connectivity index (χ2n) is 4.32. The molecule has 0 bridgehead atoms. The van der Waals surface area contributed by atoms with Crippen molar-refractivity contribution in [3.8, 4) is 0 Å². The maximum Gasteiger partial charge on any atom is 0.278 e. The Kier molecular flexibility index (Phi) is 5.61. The molecule has 0 aliphatic heterocycles. The lowest BCUT2D eigenvalue weighted by molar-refractivity contribution is -0.485. The first-order valence-electron chi connectivity index (χ1n) is 6.37. The molecule has 0 radical (unpaired) electrons. The van der Waals surface area contributed by atoms with Gasteiger partial charge < -0.3 is 5.32 Å². The van der Waals surface area contributed by atoms with Crippen LogP contribution in [0.25, 0.3) is 0 Å². The molecule has 0 saturated heterocycles.